The number of ether oxygens (including phenoxy) is 1. The van der Waals surface area contributed by atoms with Crippen molar-refractivity contribution in [1.82, 2.24) is 0 Å². The minimum absolute atomic E-state index is 0.125. The van der Waals surface area contributed by atoms with Crippen LogP contribution in [0.3, 0.4) is 0 Å². The molecule has 0 N–H and O–H groups in total. The van der Waals surface area contributed by atoms with Gasteiger partial charge in [0.15, 0.2) is 0 Å². The van der Waals surface area contributed by atoms with Crippen LogP contribution in [0.4, 0.5) is 0 Å². The molecule has 1 saturated carbocycles. The van der Waals surface area contributed by atoms with Crippen molar-refractivity contribution in [3.8, 4) is 0 Å². The molecule has 0 spiro atoms. The molecule has 0 unspecified atom stereocenters. The van der Waals surface area contributed by atoms with Gasteiger partial charge < -0.3 is 4.74 Å². The Labute approximate surface area is 92.5 Å². The molecule has 1 aromatic rings. The quantitative estimate of drug-likeness (QED) is 0.731. The highest BCUT2D eigenvalue weighted by atomic mass is 16.5. The van der Waals surface area contributed by atoms with Crippen molar-refractivity contribution in [3.05, 3.63) is 35.9 Å². The normalized spacial score (nSPS) is 20.1. The summed E-state index contributed by atoms with van der Waals surface area (Å²) in [6.45, 7) is 0. The van der Waals surface area contributed by atoms with E-state index in [0.29, 0.717) is 0 Å². The van der Waals surface area contributed by atoms with Crippen LogP contribution in [0.25, 0.3) is 0 Å². The Kier molecular flexibility index (Phi) is 3.42. The first-order chi connectivity index (χ1) is 7.35. The summed E-state index contributed by atoms with van der Waals surface area (Å²) < 4.78 is 5.78. The van der Waals surface area contributed by atoms with Crippen molar-refractivity contribution in [2.24, 2.45) is 0 Å². The standard InChI is InChI=1S/C14H20O/c1-15-14(10-6-3-7-11-14)12-13-8-4-2-5-9-13/h2,4-5,8-9H,3,6-7,10-12H2,1H3. The predicted octanol–water partition coefficient (Wildman–Crippen LogP) is 3.58. The van der Waals surface area contributed by atoms with E-state index in [1.165, 1.54) is 37.7 Å². The molecule has 0 heterocycles. The molecule has 1 aromatic carbocycles. The van der Waals surface area contributed by atoms with Crippen LogP contribution in [0.15, 0.2) is 30.3 Å². The number of methoxy groups -OCH3 is 1. The van der Waals surface area contributed by atoms with E-state index in [1.54, 1.807) is 0 Å². The van der Waals surface area contributed by atoms with E-state index in [9.17, 15) is 0 Å². The van der Waals surface area contributed by atoms with Gasteiger partial charge >= 0.3 is 0 Å². The maximum absolute atomic E-state index is 5.78. The average Bonchev–Trinajstić information content (AvgIpc) is 2.32. The first-order valence-corrected chi connectivity index (χ1v) is 5.94. The zero-order valence-corrected chi connectivity index (χ0v) is 9.54. The molecule has 2 rings (SSSR count). The van der Waals surface area contributed by atoms with Crippen molar-refractivity contribution >= 4 is 0 Å². The minimum Gasteiger partial charge on any atom is -0.378 e. The smallest absolute Gasteiger partial charge is 0.0718 e. The van der Waals surface area contributed by atoms with Crippen LogP contribution < -0.4 is 0 Å². The SMILES string of the molecule is COC1(Cc2ccccc2)CCCCC1. The zero-order chi connectivity index (χ0) is 10.6. The van der Waals surface area contributed by atoms with Gasteiger partial charge in [0.05, 0.1) is 5.60 Å². The predicted molar refractivity (Wildman–Crippen MR) is 63.0 cm³/mol. The molecule has 1 aliphatic rings. The molecule has 0 radical (unpaired) electrons. The van der Waals surface area contributed by atoms with Gasteiger partial charge in [-0.3, -0.25) is 0 Å². The Hall–Kier alpha value is -0.820. The maximum Gasteiger partial charge on any atom is 0.0718 e. The van der Waals surface area contributed by atoms with Gasteiger partial charge in [0.1, 0.15) is 0 Å². The average molecular weight is 204 g/mol. The van der Waals surface area contributed by atoms with Gasteiger partial charge in [0.2, 0.25) is 0 Å². The van der Waals surface area contributed by atoms with E-state index in [4.69, 9.17) is 4.74 Å². The second-order valence-electron chi connectivity index (χ2n) is 4.61. The Morgan fingerprint density at radius 1 is 1.07 bits per heavy atom. The Bertz CT molecular complexity index is 285. The van der Waals surface area contributed by atoms with Gasteiger partial charge in [-0.25, -0.2) is 0 Å². The van der Waals surface area contributed by atoms with Crippen molar-refractivity contribution in [2.45, 2.75) is 44.1 Å². The highest BCUT2D eigenvalue weighted by molar-refractivity contribution is 5.17. The van der Waals surface area contributed by atoms with E-state index in [2.05, 4.69) is 30.3 Å². The topological polar surface area (TPSA) is 9.23 Å². The minimum atomic E-state index is 0.125. The van der Waals surface area contributed by atoms with Gasteiger partial charge in [0.25, 0.3) is 0 Å². The number of rotatable bonds is 3. The monoisotopic (exact) mass is 204 g/mol. The van der Waals surface area contributed by atoms with E-state index < -0.39 is 0 Å². The third-order valence-corrected chi connectivity index (χ3v) is 3.57. The second-order valence-corrected chi connectivity index (χ2v) is 4.61. The fourth-order valence-electron chi connectivity index (χ4n) is 2.62. The van der Waals surface area contributed by atoms with E-state index in [0.717, 1.165) is 6.42 Å². The van der Waals surface area contributed by atoms with Crippen LogP contribution in [0.2, 0.25) is 0 Å². The summed E-state index contributed by atoms with van der Waals surface area (Å²) in [6.07, 6.45) is 7.53. The summed E-state index contributed by atoms with van der Waals surface area (Å²) in [4.78, 5) is 0. The molecule has 0 aliphatic heterocycles. The second kappa shape index (κ2) is 4.80. The first kappa shape index (κ1) is 10.7. The fraction of sp³-hybridized carbons (Fsp3) is 0.571. The molecule has 0 aromatic heterocycles. The van der Waals surface area contributed by atoms with Gasteiger partial charge in [-0.15, -0.1) is 0 Å². The Morgan fingerprint density at radius 3 is 2.33 bits per heavy atom. The van der Waals surface area contributed by atoms with Crippen LogP contribution in [0.5, 0.6) is 0 Å². The lowest BCUT2D eigenvalue weighted by atomic mass is 9.80. The van der Waals surface area contributed by atoms with Crippen molar-refractivity contribution in [1.29, 1.82) is 0 Å². The number of benzene rings is 1. The Morgan fingerprint density at radius 2 is 1.73 bits per heavy atom. The molecule has 0 atom stereocenters. The van der Waals surface area contributed by atoms with Gasteiger partial charge in [-0.1, -0.05) is 49.6 Å². The lowest BCUT2D eigenvalue weighted by Gasteiger charge is -2.36. The van der Waals surface area contributed by atoms with Gasteiger partial charge in [-0.05, 0) is 18.4 Å². The summed E-state index contributed by atoms with van der Waals surface area (Å²) >= 11 is 0. The van der Waals surface area contributed by atoms with E-state index in [1.807, 2.05) is 7.11 Å². The fourth-order valence-corrected chi connectivity index (χ4v) is 2.62. The molecule has 0 amide bonds. The molecule has 0 saturated heterocycles. The van der Waals surface area contributed by atoms with Gasteiger partial charge in [0, 0.05) is 13.5 Å². The zero-order valence-electron chi connectivity index (χ0n) is 9.54. The molecular weight excluding hydrogens is 184 g/mol. The molecule has 1 fully saturated rings. The molecule has 1 heteroatoms. The molecule has 15 heavy (non-hydrogen) atoms. The number of hydrogen-bond acceptors (Lipinski definition) is 1. The number of hydrogen-bond donors (Lipinski definition) is 0. The van der Waals surface area contributed by atoms with E-state index in [-0.39, 0.29) is 5.60 Å². The van der Waals surface area contributed by atoms with Crippen molar-refractivity contribution in [3.63, 3.8) is 0 Å². The highest BCUT2D eigenvalue weighted by Crippen LogP contribution is 2.33. The largest absolute Gasteiger partial charge is 0.378 e. The third kappa shape index (κ3) is 2.60. The Balaban J connectivity index is 2.07. The molecule has 0 bridgehead atoms. The molecular formula is C14H20O. The van der Waals surface area contributed by atoms with Gasteiger partial charge in [-0.2, -0.15) is 0 Å². The van der Waals surface area contributed by atoms with Crippen molar-refractivity contribution in [2.75, 3.05) is 7.11 Å². The summed E-state index contributed by atoms with van der Waals surface area (Å²) in [6, 6.07) is 10.7. The summed E-state index contributed by atoms with van der Waals surface area (Å²) in [5.41, 5.74) is 1.53. The maximum atomic E-state index is 5.78. The molecule has 82 valence electrons. The summed E-state index contributed by atoms with van der Waals surface area (Å²) in [5, 5.41) is 0. The summed E-state index contributed by atoms with van der Waals surface area (Å²) in [7, 11) is 1.87. The van der Waals surface area contributed by atoms with Crippen LogP contribution >= 0.6 is 0 Å². The van der Waals surface area contributed by atoms with Crippen LogP contribution in [0, 0.1) is 0 Å². The first-order valence-electron chi connectivity index (χ1n) is 5.94. The van der Waals surface area contributed by atoms with Crippen molar-refractivity contribution < 1.29 is 4.74 Å². The molecule has 1 aliphatic carbocycles. The van der Waals surface area contributed by atoms with Crippen LogP contribution in [0.1, 0.15) is 37.7 Å². The van der Waals surface area contributed by atoms with Crippen LogP contribution in [-0.2, 0) is 11.2 Å². The van der Waals surface area contributed by atoms with Crippen LogP contribution in [-0.4, -0.2) is 12.7 Å². The van der Waals surface area contributed by atoms with E-state index >= 15 is 0 Å². The third-order valence-electron chi connectivity index (χ3n) is 3.57. The summed E-state index contributed by atoms with van der Waals surface area (Å²) in [5.74, 6) is 0. The lowest BCUT2D eigenvalue weighted by Crippen LogP contribution is -2.36. The molecule has 1 nitrogen and oxygen atoms in total. The lowest BCUT2D eigenvalue weighted by molar-refractivity contribution is -0.0386. The highest BCUT2D eigenvalue weighted by Gasteiger charge is 2.31.